The lowest BCUT2D eigenvalue weighted by atomic mass is 10.1. The minimum atomic E-state index is -4.32. The quantitative estimate of drug-likeness (QED) is 0.337. The first kappa shape index (κ1) is 24.2. The Kier molecular flexibility index (Phi) is 6.70. The van der Waals surface area contributed by atoms with E-state index in [0.29, 0.717) is 16.7 Å². The van der Waals surface area contributed by atoms with Crippen LogP contribution in [-0.2, 0) is 21.2 Å². The van der Waals surface area contributed by atoms with Crippen molar-refractivity contribution in [2.24, 2.45) is 0 Å². The van der Waals surface area contributed by atoms with E-state index in [2.05, 4.69) is 4.98 Å². The lowest BCUT2D eigenvalue weighted by Gasteiger charge is -2.23. The molecule has 2 heterocycles. The Labute approximate surface area is 203 Å². The summed E-state index contributed by atoms with van der Waals surface area (Å²) in [4.78, 5) is 30.0. The van der Waals surface area contributed by atoms with Gasteiger partial charge in [-0.3, -0.25) is 9.78 Å². The molecule has 0 radical (unpaired) electrons. The first-order chi connectivity index (χ1) is 16.8. The van der Waals surface area contributed by atoms with E-state index in [1.54, 1.807) is 26.0 Å². The largest absolute Gasteiger partial charge is 0.462 e. The lowest BCUT2D eigenvalue weighted by molar-refractivity contribution is 0.0526. The summed E-state index contributed by atoms with van der Waals surface area (Å²) in [6.45, 7) is 5.44. The number of fused-ring (bicyclic) bond motifs is 1. The molecule has 2 aromatic carbocycles. The standard InChI is InChI=1S/C26H24N2O6S/c1-4-18-6-9-21(10-7-18)35(31,32)28(25(29)19-12-14-27-15-13-19)20-8-11-23-22(16-20)24(17(3)34-23)26(30)33-5-2/h6-16H,4-5H2,1-3H3. The zero-order chi connectivity index (χ0) is 25.2. The molecule has 0 atom stereocenters. The number of esters is 1. The van der Waals surface area contributed by atoms with Gasteiger partial charge in [0, 0.05) is 23.3 Å². The van der Waals surface area contributed by atoms with E-state index in [9.17, 15) is 18.0 Å². The second-order valence-corrected chi connectivity index (χ2v) is 9.53. The molecule has 2 aromatic heterocycles. The number of amides is 1. The molecule has 35 heavy (non-hydrogen) atoms. The first-order valence-electron chi connectivity index (χ1n) is 11.1. The maximum absolute atomic E-state index is 13.8. The van der Waals surface area contributed by atoms with Gasteiger partial charge in [0.1, 0.15) is 16.9 Å². The Hall–Kier alpha value is -3.98. The van der Waals surface area contributed by atoms with Gasteiger partial charge in [-0.2, -0.15) is 4.31 Å². The smallest absolute Gasteiger partial charge is 0.342 e. The monoisotopic (exact) mass is 492 g/mol. The summed E-state index contributed by atoms with van der Waals surface area (Å²) in [6, 6.07) is 13.7. The summed E-state index contributed by atoms with van der Waals surface area (Å²) in [7, 11) is -4.32. The predicted octanol–water partition coefficient (Wildman–Crippen LogP) is 4.91. The van der Waals surface area contributed by atoms with Gasteiger partial charge in [-0.1, -0.05) is 19.1 Å². The number of sulfonamides is 1. The van der Waals surface area contributed by atoms with Crippen molar-refractivity contribution in [1.29, 1.82) is 0 Å². The molecular formula is C26H24N2O6S. The third-order valence-corrected chi connectivity index (χ3v) is 7.27. The van der Waals surface area contributed by atoms with Crippen molar-refractivity contribution in [3.63, 3.8) is 0 Å². The molecule has 0 N–H and O–H groups in total. The van der Waals surface area contributed by atoms with Crippen LogP contribution in [0.5, 0.6) is 0 Å². The number of aryl methyl sites for hydroxylation is 2. The van der Waals surface area contributed by atoms with Crippen molar-refractivity contribution in [3.05, 3.63) is 89.4 Å². The summed E-state index contributed by atoms with van der Waals surface area (Å²) in [5.74, 6) is -1.02. The Bertz CT molecular complexity index is 1490. The molecule has 0 saturated carbocycles. The van der Waals surface area contributed by atoms with Crippen molar-refractivity contribution >= 4 is 38.6 Å². The molecule has 4 aromatic rings. The van der Waals surface area contributed by atoms with Gasteiger partial charge in [0.25, 0.3) is 15.9 Å². The van der Waals surface area contributed by atoms with Crippen molar-refractivity contribution < 1.29 is 27.2 Å². The van der Waals surface area contributed by atoms with E-state index >= 15 is 0 Å². The minimum absolute atomic E-state index is 0.0359. The Morgan fingerprint density at radius 2 is 1.69 bits per heavy atom. The van der Waals surface area contributed by atoms with Gasteiger partial charge in [0.15, 0.2) is 0 Å². The van der Waals surface area contributed by atoms with Gasteiger partial charge in [-0.05, 0) is 68.3 Å². The van der Waals surface area contributed by atoms with Gasteiger partial charge in [0.05, 0.1) is 17.2 Å². The molecule has 1 amide bonds. The number of carbonyl (C=O) groups excluding carboxylic acids is 2. The number of benzene rings is 2. The third kappa shape index (κ3) is 4.54. The number of anilines is 1. The average molecular weight is 493 g/mol. The molecule has 8 nitrogen and oxygen atoms in total. The van der Waals surface area contributed by atoms with E-state index in [4.69, 9.17) is 9.15 Å². The number of ether oxygens (including phenoxy) is 1. The summed E-state index contributed by atoms with van der Waals surface area (Å²) in [6.07, 6.45) is 3.57. The van der Waals surface area contributed by atoms with Crippen molar-refractivity contribution in [1.82, 2.24) is 4.98 Å². The molecule has 0 aliphatic rings. The number of hydrogen-bond donors (Lipinski definition) is 0. The normalized spacial score (nSPS) is 11.4. The third-order valence-electron chi connectivity index (χ3n) is 5.54. The highest BCUT2D eigenvalue weighted by atomic mass is 32.2. The minimum Gasteiger partial charge on any atom is -0.462 e. The number of rotatable bonds is 7. The summed E-state index contributed by atoms with van der Waals surface area (Å²) in [5.41, 5.74) is 1.72. The van der Waals surface area contributed by atoms with Crippen LogP contribution in [-0.4, -0.2) is 31.9 Å². The van der Waals surface area contributed by atoms with E-state index in [1.807, 2.05) is 6.92 Å². The van der Waals surface area contributed by atoms with Crippen LogP contribution < -0.4 is 4.31 Å². The van der Waals surface area contributed by atoms with Crippen molar-refractivity contribution in [2.45, 2.75) is 32.1 Å². The summed E-state index contributed by atoms with van der Waals surface area (Å²) < 4.78 is 39.1. The number of nitrogens with zero attached hydrogens (tertiary/aromatic N) is 2. The molecule has 4 rings (SSSR count). The van der Waals surface area contributed by atoms with E-state index in [1.165, 1.54) is 54.9 Å². The van der Waals surface area contributed by atoms with Crippen LogP contribution in [0.15, 0.2) is 76.3 Å². The Balaban J connectivity index is 1.92. The van der Waals surface area contributed by atoms with Crippen LogP contribution in [0.25, 0.3) is 11.0 Å². The molecule has 0 spiro atoms. The Morgan fingerprint density at radius 1 is 1.00 bits per heavy atom. The molecule has 0 bridgehead atoms. The van der Waals surface area contributed by atoms with E-state index in [0.717, 1.165) is 16.3 Å². The lowest BCUT2D eigenvalue weighted by Crippen LogP contribution is -2.37. The first-order valence-corrected chi connectivity index (χ1v) is 12.5. The number of furan rings is 1. The van der Waals surface area contributed by atoms with Gasteiger partial charge < -0.3 is 9.15 Å². The topological polar surface area (TPSA) is 107 Å². The highest BCUT2D eigenvalue weighted by molar-refractivity contribution is 7.93. The van der Waals surface area contributed by atoms with Crippen molar-refractivity contribution in [2.75, 3.05) is 10.9 Å². The van der Waals surface area contributed by atoms with Gasteiger partial charge >= 0.3 is 5.97 Å². The average Bonchev–Trinajstić information content (AvgIpc) is 3.19. The second-order valence-electron chi connectivity index (χ2n) is 7.74. The van der Waals surface area contributed by atoms with Gasteiger partial charge in [-0.25, -0.2) is 13.2 Å². The van der Waals surface area contributed by atoms with Gasteiger partial charge in [-0.15, -0.1) is 0 Å². The summed E-state index contributed by atoms with van der Waals surface area (Å²) >= 11 is 0. The zero-order valence-electron chi connectivity index (χ0n) is 19.5. The van der Waals surface area contributed by atoms with Crippen LogP contribution in [0, 0.1) is 6.92 Å². The maximum atomic E-state index is 13.8. The summed E-state index contributed by atoms with van der Waals surface area (Å²) in [5, 5.41) is 0.350. The molecule has 0 fully saturated rings. The van der Waals surface area contributed by atoms with E-state index in [-0.39, 0.29) is 28.3 Å². The fourth-order valence-electron chi connectivity index (χ4n) is 3.77. The zero-order valence-corrected chi connectivity index (χ0v) is 20.3. The fraction of sp³-hybridized carbons (Fsp3) is 0.192. The number of pyridine rings is 1. The van der Waals surface area contributed by atoms with E-state index < -0.39 is 21.9 Å². The molecule has 180 valence electrons. The Morgan fingerprint density at radius 3 is 2.31 bits per heavy atom. The SMILES string of the molecule is CCOC(=O)c1c(C)oc2ccc(N(C(=O)c3ccncc3)S(=O)(=O)c3ccc(CC)cc3)cc12. The molecular weight excluding hydrogens is 468 g/mol. The van der Waals surface area contributed by atoms with Crippen LogP contribution in [0.2, 0.25) is 0 Å². The van der Waals surface area contributed by atoms with Crippen LogP contribution in [0.1, 0.15) is 45.9 Å². The maximum Gasteiger partial charge on any atom is 0.342 e. The predicted molar refractivity (Wildman–Crippen MR) is 131 cm³/mol. The number of carbonyl (C=O) groups is 2. The van der Waals surface area contributed by atoms with Crippen LogP contribution in [0.3, 0.4) is 0 Å². The van der Waals surface area contributed by atoms with Crippen molar-refractivity contribution in [3.8, 4) is 0 Å². The number of hydrogen-bond acceptors (Lipinski definition) is 7. The van der Waals surface area contributed by atoms with Gasteiger partial charge in [0.2, 0.25) is 0 Å². The highest BCUT2D eigenvalue weighted by Gasteiger charge is 2.33. The molecule has 0 aliphatic carbocycles. The fourth-order valence-corrected chi connectivity index (χ4v) is 5.18. The van der Waals surface area contributed by atoms with Crippen LogP contribution >= 0.6 is 0 Å². The number of aromatic nitrogens is 1. The highest BCUT2D eigenvalue weighted by Crippen LogP contribution is 2.33. The van der Waals surface area contributed by atoms with Crippen LogP contribution in [0.4, 0.5) is 5.69 Å². The molecule has 9 heteroatoms. The second kappa shape index (κ2) is 9.71. The molecule has 0 aliphatic heterocycles. The molecule has 0 unspecified atom stereocenters. The molecule has 0 saturated heterocycles.